The van der Waals surface area contributed by atoms with Gasteiger partial charge in [-0.1, -0.05) is 24.6 Å². The summed E-state index contributed by atoms with van der Waals surface area (Å²) in [5.74, 6) is 0. The number of hydrogen-bond donors (Lipinski definition) is 0. The minimum Gasteiger partial charge on any atom is -0.399 e. The Kier molecular flexibility index (Phi) is 4.85. The van der Waals surface area contributed by atoms with Crippen molar-refractivity contribution in [3.63, 3.8) is 0 Å². The maximum absolute atomic E-state index is 6.22. The summed E-state index contributed by atoms with van der Waals surface area (Å²) in [5, 5.41) is 0. The highest BCUT2D eigenvalue weighted by Gasteiger charge is 2.51. The van der Waals surface area contributed by atoms with Crippen LogP contribution < -0.4 is 5.46 Å². The first-order chi connectivity index (χ1) is 11.2. The molecule has 2 aliphatic rings. The fraction of sp³-hybridized carbons (Fsp3) is 0.700. The smallest absolute Gasteiger partial charge is 0.399 e. The molecule has 0 amide bonds. The molecule has 2 heterocycles. The molecule has 0 spiro atoms. The standard InChI is InChI=1S/C20H32BNO2/c1-15-10-11-18(21-23-19(3,4)20(5,6)24-21)13-17(15)14-22-12-8-7-9-16(22)2/h10-11,13,16H,7-9,12,14H2,1-6H3. The van der Waals surface area contributed by atoms with Gasteiger partial charge in [-0.25, -0.2) is 0 Å². The van der Waals surface area contributed by atoms with Crippen LogP contribution >= 0.6 is 0 Å². The third kappa shape index (κ3) is 3.42. The Balaban J connectivity index is 1.79. The lowest BCUT2D eigenvalue weighted by Crippen LogP contribution is -2.41. The second-order valence-electron chi connectivity index (χ2n) is 8.59. The average molecular weight is 329 g/mol. The first kappa shape index (κ1) is 18.0. The Hall–Kier alpha value is -0.835. The number of piperidine rings is 1. The third-order valence-electron chi connectivity index (χ3n) is 6.21. The van der Waals surface area contributed by atoms with E-state index in [4.69, 9.17) is 9.31 Å². The van der Waals surface area contributed by atoms with Crippen LogP contribution in [0.4, 0.5) is 0 Å². The van der Waals surface area contributed by atoms with Crippen molar-refractivity contribution in [2.45, 2.75) is 84.6 Å². The lowest BCUT2D eigenvalue weighted by atomic mass is 9.77. The van der Waals surface area contributed by atoms with Crippen LogP contribution in [0.3, 0.4) is 0 Å². The summed E-state index contributed by atoms with van der Waals surface area (Å²) >= 11 is 0. The molecule has 0 bridgehead atoms. The number of hydrogen-bond acceptors (Lipinski definition) is 3. The van der Waals surface area contributed by atoms with E-state index >= 15 is 0 Å². The Bertz CT molecular complexity index is 583. The van der Waals surface area contributed by atoms with Crippen LogP contribution in [0.1, 0.15) is 65.0 Å². The summed E-state index contributed by atoms with van der Waals surface area (Å²) in [4.78, 5) is 2.61. The number of benzene rings is 1. The van der Waals surface area contributed by atoms with Crippen LogP contribution in [-0.2, 0) is 15.9 Å². The normalized spacial score (nSPS) is 26.8. The van der Waals surface area contributed by atoms with E-state index in [-0.39, 0.29) is 18.3 Å². The zero-order valence-electron chi connectivity index (χ0n) is 16.2. The zero-order chi connectivity index (χ0) is 17.5. The minimum absolute atomic E-state index is 0.270. The molecule has 1 aromatic rings. The van der Waals surface area contributed by atoms with Gasteiger partial charge in [0, 0.05) is 12.6 Å². The largest absolute Gasteiger partial charge is 0.494 e. The van der Waals surface area contributed by atoms with E-state index in [9.17, 15) is 0 Å². The summed E-state index contributed by atoms with van der Waals surface area (Å²) in [5.41, 5.74) is 3.32. The highest BCUT2D eigenvalue weighted by Crippen LogP contribution is 2.36. The highest BCUT2D eigenvalue weighted by atomic mass is 16.7. The van der Waals surface area contributed by atoms with Gasteiger partial charge in [-0.15, -0.1) is 0 Å². The van der Waals surface area contributed by atoms with Crippen molar-refractivity contribution in [2.75, 3.05) is 6.54 Å². The van der Waals surface area contributed by atoms with E-state index in [0.29, 0.717) is 6.04 Å². The van der Waals surface area contributed by atoms with Crippen molar-refractivity contribution in [3.8, 4) is 0 Å². The third-order valence-corrected chi connectivity index (χ3v) is 6.21. The minimum atomic E-state index is -0.288. The van der Waals surface area contributed by atoms with Crippen LogP contribution in [0, 0.1) is 6.92 Å². The molecular weight excluding hydrogens is 297 g/mol. The van der Waals surface area contributed by atoms with Crippen molar-refractivity contribution in [3.05, 3.63) is 29.3 Å². The predicted molar refractivity (Wildman–Crippen MR) is 101 cm³/mol. The van der Waals surface area contributed by atoms with Gasteiger partial charge in [-0.05, 0) is 77.5 Å². The van der Waals surface area contributed by atoms with Gasteiger partial charge in [-0.2, -0.15) is 0 Å². The zero-order valence-corrected chi connectivity index (χ0v) is 16.2. The van der Waals surface area contributed by atoms with Gasteiger partial charge in [0.25, 0.3) is 0 Å². The first-order valence-electron chi connectivity index (χ1n) is 9.39. The molecule has 4 heteroatoms. The van der Waals surface area contributed by atoms with E-state index in [2.05, 4.69) is 64.6 Å². The molecule has 0 N–H and O–H groups in total. The molecule has 132 valence electrons. The molecule has 0 radical (unpaired) electrons. The van der Waals surface area contributed by atoms with Crippen molar-refractivity contribution in [2.24, 2.45) is 0 Å². The van der Waals surface area contributed by atoms with E-state index in [1.165, 1.54) is 36.9 Å². The highest BCUT2D eigenvalue weighted by molar-refractivity contribution is 6.62. The van der Waals surface area contributed by atoms with Crippen molar-refractivity contribution < 1.29 is 9.31 Å². The molecule has 3 rings (SSSR count). The Morgan fingerprint density at radius 1 is 1.12 bits per heavy atom. The molecule has 1 unspecified atom stereocenters. The predicted octanol–water partition coefficient (Wildman–Crippen LogP) is 3.67. The molecule has 24 heavy (non-hydrogen) atoms. The molecule has 1 atom stereocenters. The lowest BCUT2D eigenvalue weighted by Gasteiger charge is -2.33. The molecule has 0 aromatic heterocycles. The van der Waals surface area contributed by atoms with Crippen LogP contribution in [-0.4, -0.2) is 35.8 Å². The molecule has 3 nitrogen and oxygen atoms in total. The number of likely N-dealkylation sites (tertiary alicyclic amines) is 1. The Morgan fingerprint density at radius 2 is 1.79 bits per heavy atom. The fourth-order valence-electron chi connectivity index (χ4n) is 3.60. The van der Waals surface area contributed by atoms with Crippen molar-refractivity contribution >= 4 is 12.6 Å². The summed E-state index contributed by atoms with van der Waals surface area (Å²) < 4.78 is 12.4. The first-order valence-corrected chi connectivity index (χ1v) is 9.39. The van der Waals surface area contributed by atoms with E-state index < -0.39 is 0 Å². The molecule has 0 saturated carbocycles. The van der Waals surface area contributed by atoms with E-state index in [1.54, 1.807) is 0 Å². The maximum Gasteiger partial charge on any atom is 0.494 e. The van der Waals surface area contributed by atoms with Gasteiger partial charge in [-0.3, -0.25) is 4.90 Å². The van der Waals surface area contributed by atoms with Crippen LogP contribution in [0.25, 0.3) is 0 Å². The van der Waals surface area contributed by atoms with E-state index in [0.717, 1.165) is 12.0 Å². The molecule has 2 aliphatic heterocycles. The second kappa shape index (κ2) is 6.47. The van der Waals surface area contributed by atoms with Gasteiger partial charge in [0.05, 0.1) is 11.2 Å². The van der Waals surface area contributed by atoms with Gasteiger partial charge < -0.3 is 9.31 Å². The Morgan fingerprint density at radius 3 is 2.42 bits per heavy atom. The number of nitrogens with zero attached hydrogens (tertiary/aromatic N) is 1. The molecular formula is C20H32BNO2. The number of aryl methyl sites for hydroxylation is 1. The summed E-state index contributed by atoms with van der Waals surface area (Å²) in [6.45, 7) is 15.2. The van der Waals surface area contributed by atoms with Crippen molar-refractivity contribution in [1.29, 1.82) is 0 Å². The lowest BCUT2D eigenvalue weighted by molar-refractivity contribution is 0.00578. The average Bonchev–Trinajstić information content (AvgIpc) is 2.72. The summed E-state index contributed by atoms with van der Waals surface area (Å²) in [7, 11) is -0.270. The molecule has 1 aromatic carbocycles. The molecule has 2 fully saturated rings. The molecule has 2 saturated heterocycles. The van der Waals surface area contributed by atoms with Crippen molar-refractivity contribution in [1.82, 2.24) is 4.90 Å². The number of rotatable bonds is 3. The van der Waals surface area contributed by atoms with Crippen LogP contribution in [0.5, 0.6) is 0 Å². The van der Waals surface area contributed by atoms with Gasteiger partial charge >= 0.3 is 7.12 Å². The Labute approximate surface area is 147 Å². The summed E-state index contributed by atoms with van der Waals surface area (Å²) in [6.07, 6.45) is 4.00. The fourth-order valence-corrected chi connectivity index (χ4v) is 3.60. The topological polar surface area (TPSA) is 21.7 Å². The summed E-state index contributed by atoms with van der Waals surface area (Å²) in [6, 6.07) is 7.34. The maximum atomic E-state index is 6.22. The SMILES string of the molecule is Cc1ccc(B2OC(C)(C)C(C)(C)O2)cc1CN1CCCCC1C. The van der Waals surface area contributed by atoms with E-state index in [1.807, 2.05) is 0 Å². The van der Waals surface area contributed by atoms with Crippen LogP contribution in [0.2, 0.25) is 0 Å². The quantitative estimate of drug-likeness (QED) is 0.790. The van der Waals surface area contributed by atoms with Crippen LogP contribution in [0.15, 0.2) is 18.2 Å². The molecule has 0 aliphatic carbocycles. The van der Waals surface area contributed by atoms with Gasteiger partial charge in [0.2, 0.25) is 0 Å². The monoisotopic (exact) mass is 329 g/mol. The van der Waals surface area contributed by atoms with Gasteiger partial charge in [0.15, 0.2) is 0 Å². The van der Waals surface area contributed by atoms with Gasteiger partial charge in [0.1, 0.15) is 0 Å². The second-order valence-corrected chi connectivity index (χ2v) is 8.59.